The van der Waals surface area contributed by atoms with Crippen molar-refractivity contribution in [2.24, 2.45) is 11.8 Å². The van der Waals surface area contributed by atoms with Crippen LogP contribution in [0.4, 0.5) is 17.1 Å². The molecule has 3 fully saturated rings. The fourth-order valence-electron chi connectivity index (χ4n) is 10.9. The highest BCUT2D eigenvalue weighted by Crippen LogP contribution is 2.54. The molecule has 0 aliphatic heterocycles. The smallest absolute Gasteiger partial charge is 0.0496 e. The van der Waals surface area contributed by atoms with Gasteiger partial charge in [-0.25, -0.2) is 0 Å². The van der Waals surface area contributed by atoms with Crippen molar-refractivity contribution in [3.63, 3.8) is 0 Å². The Hall–Kier alpha value is -4.88. The van der Waals surface area contributed by atoms with Crippen LogP contribution in [-0.2, 0) is 5.41 Å². The van der Waals surface area contributed by atoms with Crippen LogP contribution in [0.2, 0.25) is 0 Å². The second-order valence-electron chi connectivity index (χ2n) is 17.2. The molecule has 3 unspecified atom stereocenters. The molecule has 2 bridgehead atoms. The van der Waals surface area contributed by atoms with Crippen LogP contribution in [0.3, 0.4) is 0 Å². The summed E-state index contributed by atoms with van der Waals surface area (Å²) < 4.78 is 0. The van der Waals surface area contributed by atoms with Crippen molar-refractivity contribution in [3.8, 4) is 33.4 Å². The van der Waals surface area contributed by atoms with Gasteiger partial charge in [-0.1, -0.05) is 143 Å². The average Bonchev–Trinajstić information content (AvgIpc) is 3.92. The fourth-order valence-corrected chi connectivity index (χ4v) is 10.9. The molecule has 6 aromatic carbocycles. The van der Waals surface area contributed by atoms with Gasteiger partial charge < -0.3 is 4.90 Å². The van der Waals surface area contributed by atoms with Gasteiger partial charge in [0.1, 0.15) is 0 Å². The summed E-state index contributed by atoms with van der Waals surface area (Å²) in [5, 5.41) is 0. The molecule has 3 atom stereocenters. The monoisotopic (exact) mass is 689 g/mol. The average molecular weight is 690 g/mol. The van der Waals surface area contributed by atoms with Crippen LogP contribution in [0.5, 0.6) is 0 Å². The van der Waals surface area contributed by atoms with Crippen molar-refractivity contribution in [1.82, 2.24) is 0 Å². The lowest BCUT2D eigenvalue weighted by molar-refractivity contribution is 0.420. The van der Waals surface area contributed by atoms with Gasteiger partial charge in [0.15, 0.2) is 0 Å². The number of hydrogen-bond acceptors (Lipinski definition) is 1. The summed E-state index contributed by atoms with van der Waals surface area (Å²) in [6.45, 7) is 4.85. The van der Waals surface area contributed by atoms with Gasteiger partial charge in [-0.3, -0.25) is 0 Å². The van der Waals surface area contributed by atoms with Gasteiger partial charge in [0.05, 0.1) is 0 Å². The standard InChI is InChI=1S/C52H51N/c1-52(2)49-33-41(38-21-19-37(20-22-38)36-11-5-3-6-12-36)25-29-46(49)47-30-28-44(34-50(47)52)53(51-16-10-9-15-45(51)39-13-7-4-8-14-39)43-26-23-40(24-27-43)48-32-35-17-18-42(48)31-35/h3,5-6,9-12,15-16,19-30,33-35,39,42,48H,4,7-8,13-14,17-18,31-32H2,1-2H3. The number of hydrogen-bond donors (Lipinski definition) is 0. The first-order chi connectivity index (χ1) is 26.0. The van der Waals surface area contributed by atoms with E-state index in [4.69, 9.17) is 0 Å². The van der Waals surface area contributed by atoms with Gasteiger partial charge in [0, 0.05) is 22.5 Å². The van der Waals surface area contributed by atoms with Gasteiger partial charge in [-0.2, -0.15) is 0 Å². The second-order valence-corrected chi connectivity index (χ2v) is 17.2. The van der Waals surface area contributed by atoms with Gasteiger partial charge in [-0.05, 0) is 148 Å². The van der Waals surface area contributed by atoms with E-state index in [1.807, 2.05) is 0 Å². The molecular weight excluding hydrogens is 639 g/mol. The van der Waals surface area contributed by atoms with Crippen molar-refractivity contribution in [2.45, 2.75) is 88.9 Å². The van der Waals surface area contributed by atoms with Gasteiger partial charge in [0.2, 0.25) is 0 Å². The van der Waals surface area contributed by atoms with Crippen molar-refractivity contribution < 1.29 is 0 Å². The van der Waals surface area contributed by atoms with Crippen LogP contribution in [0, 0.1) is 11.8 Å². The third-order valence-corrected chi connectivity index (χ3v) is 13.8. The summed E-state index contributed by atoms with van der Waals surface area (Å²) in [6.07, 6.45) is 12.3. The molecule has 0 amide bonds. The molecule has 0 heterocycles. The molecule has 0 aromatic heterocycles. The van der Waals surface area contributed by atoms with E-state index in [2.05, 4.69) is 158 Å². The molecule has 53 heavy (non-hydrogen) atoms. The lowest BCUT2D eigenvalue weighted by Crippen LogP contribution is -2.18. The van der Waals surface area contributed by atoms with Crippen LogP contribution < -0.4 is 4.90 Å². The molecule has 3 saturated carbocycles. The molecule has 0 radical (unpaired) electrons. The van der Waals surface area contributed by atoms with Crippen molar-refractivity contribution in [3.05, 3.63) is 162 Å². The molecule has 0 saturated heterocycles. The molecule has 264 valence electrons. The maximum atomic E-state index is 2.59. The summed E-state index contributed by atoms with van der Waals surface area (Å²) in [5.41, 5.74) is 17.4. The summed E-state index contributed by atoms with van der Waals surface area (Å²) in [4.78, 5) is 2.59. The molecule has 4 aliphatic rings. The summed E-state index contributed by atoms with van der Waals surface area (Å²) >= 11 is 0. The zero-order valence-electron chi connectivity index (χ0n) is 31.4. The maximum absolute atomic E-state index is 2.59. The van der Waals surface area contributed by atoms with Crippen molar-refractivity contribution in [2.75, 3.05) is 4.90 Å². The molecular formula is C52H51N. The Kier molecular flexibility index (Phi) is 8.16. The lowest BCUT2D eigenvalue weighted by atomic mass is 9.81. The Bertz CT molecular complexity index is 2250. The van der Waals surface area contributed by atoms with Crippen LogP contribution in [0.15, 0.2) is 140 Å². The minimum absolute atomic E-state index is 0.124. The minimum atomic E-state index is -0.124. The number of anilines is 3. The van der Waals surface area contributed by atoms with Crippen LogP contribution in [0.1, 0.15) is 106 Å². The minimum Gasteiger partial charge on any atom is -0.310 e. The van der Waals surface area contributed by atoms with Gasteiger partial charge in [0.25, 0.3) is 0 Å². The topological polar surface area (TPSA) is 3.24 Å². The van der Waals surface area contributed by atoms with E-state index in [9.17, 15) is 0 Å². The quantitative estimate of drug-likeness (QED) is 0.161. The van der Waals surface area contributed by atoms with Crippen LogP contribution in [0.25, 0.3) is 33.4 Å². The molecule has 0 spiro atoms. The largest absolute Gasteiger partial charge is 0.310 e. The number of nitrogens with zero attached hydrogens (tertiary/aromatic N) is 1. The van der Waals surface area contributed by atoms with Crippen molar-refractivity contribution >= 4 is 17.1 Å². The number of rotatable bonds is 7. The number of benzene rings is 6. The highest BCUT2D eigenvalue weighted by Gasteiger charge is 2.40. The Morgan fingerprint density at radius 3 is 1.85 bits per heavy atom. The zero-order chi connectivity index (χ0) is 35.5. The SMILES string of the molecule is CC1(C)c2cc(-c3ccc(-c4ccccc4)cc3)ccc2-c2ccc(N(c3ccc(C4CC5CCC4C5)cc3)c3ccccc3C3CCCCC3)cc21. The molecule has 6 aromatic rings. The first-order valence-electron chi connectivity index (χ1n) is 20.5. The van der Waals surface area contributed by atoms with E-state index in [1.54, 1.807) is 5.56 Å². The maximum Gasteiger partial charge on any atom is 0.0496 e. The molecule has 1 nitrogen and oxygen atoms in total. The summed E-state index contributed by atoms with van der Waals surface area (Å²) in [5.74, 6) is 3.21. The normalized spacial score (nSPS) is 21.4. The van der Waals surface area contributed by atoms with Gasteiger partial charge in [-0.15, -0.1) is 0 Å². The van der Waals surface area contributed by atoms with Gasteiger partial charge >= 0.3 is 0 Å². The molecule has 10 rings (SSSR count). The van der Waals surface area contributed by atoms with E-state index < -0.39 is 0 Å². The number of para-hydroxylation sites is 1. The zero-order valence-corrected chi connectivity index (χ0v) is 31.4. The predicted octanol–water partition coefficient (Wildman–Crippen LogP) is 14.7. The summed E-state index contributed by atoms with van der Waals surface area (Å²) in [7, 11) is 0. The first kappa shape index (κ1) is 32.7. The molecule has 0 N–H and O–H groups in total. The van der Waals surface area contributed by atoms with Crippen molar-refractivity contribution in [1.29, 1.82) is 0 Å². The fraction of sp³-hybridized carbons (Fsp3) is 0.308. The predicted molar refractivity (Wildman–Crippen MR) is 224 cm³/mol. The Morgan fingerprint density at radius 2 is 1.13 bits per heavy atom. The number of fused-ring (bicyclic) bond motifs is 5. The first-order valence-corrected chi connectivity index (χ1v) is 20.5. The Balaban J connectivity index is 1.03. The van der Waals surface area contributed by atoms with Crippen LogP contribution >= 0.6 is 0 Å². The summed E-state index contributed by atoms with van der Waals surface area (Å²) in [6, 6.07) is 53.3. The highest BCUT2D eigenvalue weighted by molar-refractivity contribution is 5.88. The van der Waals surface area contributed by atoms with E-state index >= 15 is 0 Å². The Morgan fingerprint density at radius 1 is 0.509 bits per heavy atom. The van der Waals surface area contributed by atoms with E-state index in [-0.39, 0.29) is 5.41 Å². The van der Waals surface area contributed by atoms with E-state index in [0.29, 0.717) is 5.92 Å². The van der Waals surface area contributed by atoms with Crippen LogP contribution in [-0.4, -0.2) is 0 Å². The molecule has 4 aliphatic carbocycles. The Labute approximate surface area is 316 Å². The third-order valence-electron chi connectivity index (χ3n) is 13.8. The van der Waals surface area contributed by atoms with E-state index in [0.717, 1.165) is 17.8 Å². The molecule has 1 heteroatoms. The second kappa shape index (κ2) is 13.2. The highest BCUT2D eigenvalue weighted by atomic mass is 15.1. The lowest BCUT2D eigenvalue weighted by Gasteiger charge is -2.33. The van der Waals surface area contributed by atoms with E-state index in [1.165, 1.54) is 125 Å². The third kappa shape index (κ3) is 5.75.